The fourth-order valence-electron chi connectivity index (χ4n) is 3.83. The summed E-state index contributed by atoms with van der Waals surface area (Å²) in [7, 11) is 0. The first-order valence-electron chi connectivity index (χ1n) is 10.7. The summed E-state index contributed by atoms with van der Waals surface area (Å²) < 4.78 is 8.39. The summed E-state index contributed by atoms with van der Waals surface area (Å²) in [5, 5.41) is 5.63. The fraction of sp³-hybridized carbons (Fsp3) is 0.304. The van der Waals surface area contributed by atoms with Crippen molar-refractivity contribution < 1.29 is 4.74 Å². The average molecular weight is 449 g/mol. The third-order valence-corrected chi connectivity index (χ3v) is 6.56. The summed E-state index contributed by atoms with van der Waals surface area (Å²) in [6.07, 6.45) is 3.45. The van der Waals surface area contributed by atoms with E-state index in [2.05, 4.69) is 25.9 Å². The number of nitrogens with zero attached hydrogens (tertiary/aromatic N) is 6. The molecule has 1 saturated heterocycles. The molecule has 1 aliphatic rings. The Morgan fingerprint density at radius 2 is 1.78 bits per heavy atom. The molecular formula is C23H24N6O2S. The van der Waals surface area contributed by atoms with E-state index in [0.717, 1.165) is 58.7 Å². The summed E-state index contributed by atoms with van der Waals surface area (Å²) in [5.74, 6) is 1.66. The van der Waals surface area contributed by atoms with Crippen molar-refractivity contribution in [1.82, 2.24) is 19.7 Å². The van der Waals surface area contributed by atoms with Gasteiger partial charge in [-0.25, -0.2) is 9.67 Å². The molecule has 5 rings (SSSR count). The summed E-state index contributed by atoms with van der Waals surface area (Å²) in [4.78, 5) is 25.7. The molecule has 164 valence electrons. The summed E-state index contributed by atoms with van der Waals surface area (Å²) in [6.45, 7) is 6.36. The predicted molar refractivity (Wildman–Crippen MR) is 127 cm³/mol. The van der Waals surface area contributed by atoms with Gasteiger partial charge in [-0.1, -0.05) is 17.4 Å². The quantitative estimate of drug-likeness (QED) is 0.449. The first-order chi connectivity index (χ1) is 15.7. The van der Waals surface area contributed by atoms with E-state index in [1.165, 1.54) is 4.68 Å². The molecule has 4 aromatic rings. The SMILES string of the molecule is CCOc1cccc2sc(N3CCN(c4ccc(=O)n(Cc5ccncc5)n4)CC3)nc12. The monoisotopic (exact) mass is 448 g/mol. The highest BCUT2D eigenvalue weighted by atomic mass is 32.1. The van der Waals surface area contributed by atoms with Gasteiger partial charge in [0.25, 0.3) is 5.56 Å². The molecule has 0 saturated carbocycles. The van der Waals surface area contributed by atoms with E-state index in [9.17, 15) is 4.79 Å². The lowest BCUT2D eigenvalue weighted by Crippen LogP contribution is -2.47. The molecule has 1 aliphatic heterocycles. The molecule has 0 radical (unpaired) electrons. The minimum atomic E-state index is -0.108. The number of ether oxygens (including phenoxy) is 1. The van der Waals surface area contributed by atoms with Crippen LogP contribution in [0.5, 0.6) is 5.75 Å². The van der Waals surface area contributed by atoms with Crippen LogP contribution < -0.4 is 20.1 Å². The van der Waals surface area contributed by atoms with Crippen LogP contribution in [-0.2, 0) is 6.54 Å². The molecule has 1 fully saturated rings. The number of rotatable bonds is 6. The van der Waals surface area contributed by atoms with Crippen LogP contribution in [0.3, 0.4) is 0 Å². The van der Waals surface area contributed by atoms with Gasteiger partial charge in [0.1, 0.15) is 17.1 Å². The number of anilines is 2. The van der Waals surface area contributed by atoms with Gasteiger partial charge in [0, 0.05) is 44.6 Å². The Labute approximate surface area is 189 Å². The minimum absolute atomic E-state index is 0.108. The van der Waals surface area contributed by atoms with E-state index in [1.54, 1.807) is 29.8 Å². The Hall–Kier alpha value is -3.46. The maximum absolute atomic E-state index is 12.3. The van der Waals surface area contributed by atoms with Crippen molar-refractivity contribution in [3.63, 3.8) is 0 Å². The molecule has 0 atom stereocenters. The lowest BCUT2D eigenvalue weighted by molar-refractivity contribution is 0.344. The van der Waals surface area contributed by atoms with Gasteiger partial charge >= 0.3 is 0 Å². The number of hydrogen-bond acceptors (Lipinski definition) is 8. The van der Waals surface area contributed by atoms with Crippen LogP contribution in [0.2, 0.25) is 0 Å². The van der Waals surface area contributed by atoms with Crippen LogP contribution in [0.4, 0.5) is 10.9 Å². The Bertz CT molecular complexity index is 1260. The Morgan fingerprint density at radius 1 is 1.00 bits per heavy atom. The first-order valence-corrected chi connectivity index (χ1v) is 11.5. The van der Waals surface area contributed by atoms with Gasteiger partial charge in [0.15, 0.2) is 5.13 Å². The molecule has 4 heterocycles. The summed E-state index contributed by atoms with van der Waals surface area (Å²) >= 11 is 1.70. The summed E-state index contributed by atoms with van der Waals surface area (Å²) in [6, 6.07) is 13.3. The van der Waals surface area contributed by atoms with Crippen LogP contribution in [0, 0.1) is 0 Å². The maximum Gasteiger partial charge on any atom is 0.267 e. The fourth-order valence-corrected chi connectivity index (χ4v) is 4.86. The van der Waals surface area contributed by atoms with Crippen molar-refractivity contribution >= 4 is 32.5 Å². The molecule has 0 amide bonds. The number of benzene rings is 1. The molecule has 0 aliphatic carbocycles. The van der Waals surface area contributed by atoms with Gasteiger partial charge < -0.3 is 14.5 Å². The Balaban J connectivity index is 1.30. The maximum atomic E-state index is 12.3. The highest BCUT2D eigenvalue weighted by Crippen LogP contribution is 2.34. The van der Waals surface area contributed by atoms with Crippen LogP contribution in [0.1, 0.15) is 12.5 Å². The number of thiazole rings is 1. The van der Waals surface area contributed by atoms with E-state index >= 15 is 0 Å². The molecular weight excluding hydrogens is 424 g/mol. The second-order valence-corrected chi connectivity index (χ2v) is 8.56. The standard InChI is InChI=1S/C23H24N6O2S/c1-2-31-18-4-3-5-19-22(18)25-23(32-19)28-14-12-27(13-15-28)20-6-7-21(30)29(26-20)16-17-8-10-24-11-9-17/h3-11H,2,12-16H2,1H3. The third kappa shape index (κ3) is 4.16. The van der Waals surface area contributed by atoms with Gasteiger partial charge in [-0.2, -0.15) is 5.10 Å². The van der Waals surface area contributed by atoms with E-state index in [1.807, 2.05) is 37.3 Å². The molecule has 1 aromatic carbocycles. The van der Waals surface area contributed by atoms with E-state index < -0.39 is 0 Å². The number of fused-ring (bicyclic) bond motifs is 1. The highest BCUT2D eigenvalue weighted by molar-refractivity contribution is 7.22. The van der Waals surface area contributed by atoms with Crippen molar-refractivity contribution in [3.05, 3.63) is 70.8 Å². The predicted octanol–water partition coefficient (Wildman–Crippen LogP) is 3.02. The second-order valence-electron chi connectivity index (χ2n) is 7.55. The second kappa shape index (κ2) is 8.96. The Morgan fingerprint density at radius 3 is 2.56 bits per heavy atom. The van der Waals surface area contributed by atoms with Gasteiger partial charge in [-0.15, -0.1) is 0 Å². The van der Waals surface area contributed by atoms with E-state index in [-0.39, 0.29) is 5.56 Å². The molecule has 0 N–H and O–H groups in total. The topological polar surface area (TPSA) is 76.4 Å². The number of hydrogen-bond donors (Lipinski definition) is 0. The molecule has 32 heavy (non-hydrogen) atoms. The molecule has 0 bridgehead atoms. The molecule has 0 spiro atoms. The van der Waals surface area contributed by atoms with Gasteiger partial charge in [0.05, 0.1) is 17.9 Å². The van der Waals surface area contributed by atoms with Crippen molar-refractivity contribution in [2.45, 2.75) is 13.5 Å². The van der Waals surface area contributed by atoms with Crippen LogP contribution in [0.15, 0.2) is 59.7 Å². The van der Waals surface area contributed by atoms with Crippen molar-refractivity contribution in [1.29, 1.82) is 0 Å². The zero-order chi connectivity index (χ0) is 21.9. The van der Waals surface area contributed by atoms with E-state index in [0.29, 0.717) is 13.2 Å². The third-order valence-electron chi connectivity index (χ3n) is 5.48. The van der Waals surface area contributed by atoms with Crippen molar-refractivity contribution in [3.8, 4) is 5.75 Å². The normalized spacial score (nSPS) is 14.2. The zero-order valence-electron chi connectivity index (χ0n) is 17.8. The van der Waals surface area contributed by atoms with Gasteiger partial charge in [-0.3, -0.25) is 9.78 Å². The number of aromatic nitrogens is 4. The van der Waals surface area contributed by atoms with Crippen molar-refractivity contribution in [2.24, 2.45) is 0 Å². The summed E-state index contributed by atoms with van der Waals surface area (Å²) in [5.41, 5.74) is 1.82. The minimum Gasteiger partial charge on any atom is -0.492 e. The lowest BCUT2D eigenvalue weighted by atomic mass is 10.3. The van der Waals surface area contributed by atoms with E-state index in [4.69, 9.17) is 9.72 Å². The number of pyridine rings is 1. The Kier molecular flexibility index (Phi) is 5.72. The zero-order valence-corrected chi connectivity index (χ0v) is 18.7. The molecule has 0 unspecified atom stereocenters. The van der Waals surface area contributed by atoms with Crippen LogP contribution >= 0.6 is 11.3 Å². The smallest absolute Gasteiger partial charge is 0.267 e. The number of para-hydroxylation sites is 1. The molecule has 3 aromatic heterocycles. The highest BCUT2D eigenvalue weighted by Gasteiger charge is 2.22. The van der Waals surface area contributed by atoms with Gasteiger partial charge in [-0.05, 0) is 42.8 Å². The first kappa shape index (κ1) is 20.4. The van der Waals surface area contributed by atoms with Gasteiger partial charge in [0.2, 0.25) is 0 Å². The molecule has 9 heteroatoms. The average Bonchev–Trinajstić information content (AvgIpc) is 3.27. The number of piperazine rings is 1. The molecule has 8 nitrogen and oxygen atoms in total. The van der Waals surface area contributed by atoms with Crippen molar-refractivity contribution in [2.75, 3.05) is 42.6 Å². The van der Waals surface area contributed by atoms with Crippen LogP contribution in [0.25, 0.3) is 10.2 Å². The largest absolute Gasteiger partial charge is 0.492 e. The van der Waals surface area contributed by atoms with Crippen LogP contribution in [-0.4, -0.2) is 52.5 Å². The lowest BCUT2D eigenvalue weighted by Gasteiger charge is -2.35.